The van der Waals surface area contributed by atoms with Crippen LogP contribution in [0.1, 0.15) is 30.1 Å². The van der Waals surface area contributed by atoms with Crippen molar-refractivity contribution >= 4 is 22.8 Å². The predicted octanol–water partition coefficient (Wildman–Crippen LogP) is 1.86. The highest BCUT2D eigenvalue weighted by Gasteiger charge is 2.22. The van der Waals surface area contributed by atoms with Gasteiger partial charge >= 0.3 is 5.95 Å². The maximum Gasteiger partial charge on any atom is 0.356 e. The number of carbonyl (C=O) groups excluding carboxylic acids is 1. The fourth-order valence-electron chi connectivity index (χ4n) is 3.74. The van der Waals surface area contributed by atoms with Crippen LogP contribution in [0.5, 0.6) is 0 Å². The number of imidazole rings is 1. The molecule has 30 heavy (non-hydrogen) atoms. The van der Waals surface area contributed by atoms with E-state index in [0.717, 1.165) is 41.5 Å². The normalized spacial score (nSPS) is 10.7. The quantitative estimate of drug-likeness (QED) is 0.336. The standard InChI is InChI=1S/C25H25N3O.BrH/c1-2-3-17-27-22-11-7-8-12-23(22)28(25(27)26)18-24(29)21-15-13-20(14-16-21)19-9-5-4-6-10-19;/h4-16,26H,2-3,17-18H2,1H3;1H. The van der Waals surface area contributed by atoms with Gasteiger partial charge in [0, 0.05) is 5.56 Å². The number of fused-ring (bicyclic) bond motifs is 1. The Bertz CT molecular complexity index is 1130. The van der Waals surface area contributed by atoms with Crippen molar-refractivity contribution in [1.82, 2.24) is 4.57 Å². The number of aromatic nitrogens is 2. The second-order valence-electron chi connectivity index (χ2n) is 7.30. The Balaban J connectivity index is 0.00000256. The molecular formula is C25H26BrN3O. The van der Waals surface area contributed by atoms with Crippen molar-refractivity contribution in [3.05, 3.63) is 84.4 Å². The van der Waals surface area contributed by atoms with E-state index in [4.69, 9.17) is 5.73 Å². The summed E-state index contributed by atoms with van der Waals surface area (Å²) in [6.07, 6.45) is 2.15. The van der Waals surface area contributed by atoms with Gasteiger partial charge in [-0.3, -0.25) is 10.5 Å². The van der Waals surface area contributed by atoms with E-state index < -0.39 is 0 Å². The van der Waals surface area contributed by atoms with E-state index in [0.29, 0.717) is 11.5 Å². The van der Waals surface area contributed by atoms with Crippen molar-refractivity contribution < 1.29 is 26.3 Å². The number of nitrogens with zero attached hydrogens (tertiary/aromatic N) is 2. The predicted molar refractivity (Wildman–Crippen MR) is 118 cm³/mol. The monoisotopic (exact) mass is 463 g/mol. The minimum Gasteiger partial charge on any atom is -1.00 e. The molecule has 0 saturated heterocycles. The Morgan fingerprint density at radius 2 is 1.53 bits per heavy atom. The Labute approximate surface area is 187 Å². The third-order valence-corrected chi connectivity index (χ3v) is 5.37. The summed E-state index contributed by atoms with van der Waals surface area (Å²) >= 11 is 0. The van der Waals surface area contributed by atoms with Crippen molar-refractivity contribution in [3.8, 4) is 11.1 Å². The minimum atomic E-state index is 0. The number of nitrogen functional groups attached to an aromatic ring is 1. The number of para-hydroxylation sites is 2. The number of nitrogens with two attached hydrogens (primary N) is 1. The second kappa shape index (κ2) is 9.72. The van der Waals surface area contributed by atoms with Crippen molar-refractivity contribution in [2.45, 2.75) is 32.9 Å². The molecule has 3 aromatic carbocycles. The van der Waals surface area contributed by atoms with Crippen molar-refractivity contribution in [3.63, 3.8) is 0 Å². The topological polar surface area (TPSA) is 51.9 Å². The molecule has 4 nitrogen and oxygen atoms in total. The molecule has 0 amide bonds. The number of hydrogen-bond donors (Lipinski definition) is 1. The Kier molecular flexibility index (Phi) is 7.06. The van der Waals surface area contributed by atoms with Gasteiger partial charge < -0.3 is 17.0 Å². The van der Waals surface area contributed by atoms with Crippen LogP contribution in [0.4, 0.5) is 5.95 Å². The van der Waals surface area contributed by atoms with Gasteiger partial charge in [-0.1, -0.05) is 80.1 Å². The van der Waals surface area contributed by atoms with Crippen LogP contribution in [-0.2, 0) is 13.1 Å². The fraction of sp³-hybridized carbons (Fsp3) is 0.200. The van der Waals surface area contributed by atoms with Crippen molar-refractivity contribution in [2.24, 2.45) is 0 Å². The summed E-state index contributed by atoms with van der Waals surface area (Å²) < 4.78 is 4.04. The van der Waals surface area contributed by atoms with E-state index in [-0.39, 0.29) is 29.3 Å². The average Bonchev–Trinajstić information content (AvgIpc) is 3.04. The molecule has 154 valence electrons. The molecule has 0 atom stereocenters. The van der Waals surface area contributed by atoms with Gasteiger partial charge in [0.05, 0.1) is 6.54 Å². The summed E-state index contributed by atoms with van der Waals surface area (Å²) in [6, 6.07) is 26.1. The lowest BCUT2D eigenvalue weighted by Crippen LogP contribution is -3.00. The van der Waals surface area contributed by atoms with E-state index in [1.165, 1.54) is 0 Å². The third kappa shape index (κ3) is 4.31. The van der Waals surface area contributed by atoms with Crippen LogP contribution in [0.25, 0.3) is 22.2 Å². The molecule has 0 unspecified atom stereocenters. The lowest BCUT2D eigenvalue weighted by atomic mass is 10.0. The minimum absolute atomic E-state index is 0. The molecule has 4 aromatic rings. The number of aryl methyl sites for hydroxylation is 1. The first-order valence-corrected chi connectivity index (χ1v) is 10.1. The summed E-state index contributed by atoms with van der Waals surface area (Å²) in [5.74, 6) is 0.689. The van der Waals surface area contributed by atoms with Crippen LogP contribution in [0.2, 0.25) is 0 Å². The number of rotatable bonds is 7. The molecule has 0 fully saturated rings. The first-order valence-electron chi connectivity index (χ1n) is 10.1. The highest BCUT2D eigenvalue weighted by molar-refractivity contribution is 5.95. The van der Waals surface area contributed by atoms with Gasteiger partial charge in [0.1, 0.15) is 17.6 Å². The van der Waals surface area contributed by atoms with Crippen molar-refractivity contribution in [1.29, 1.82) is 0 Å². The zero-order valence-corrected chi connectivity index (χ0v) is 18.7. The SMILES string of the molecule is CCCCn1c(N)[n+](CC(=O)c2ccc(-c3ccccc3)cc2)c2ccccc21.[Br-]. The van der Waals surface area contributed by atoms with Crippen LogP contribution in [-0.4, -0.2) is 10.4 Å². The van der Waals surface area contributed by atoms with Crippen LogP contribution in [0.3, 0.4) is 0 Å². The number of carbonyl (C=O) groups is 1. The smallest absolute Gasteiger partial charge is 0.356 e. The van der Waals surface area contributed by atoms with Crippen molar-refractivity contribution in [2.75, 3.05) is 5.73 Å². The Hall–Kier alpha value is -2.92. The summed E-state index contributed by atoms with van der Waals surface area (Å²) in [4.78, 5) is 13.0. The molecule has 0 spiro atoms. The van der Waals surface area contributed by atoms with Gasteiger partial charge in [0.25, 0.3) is 0 Å². The maximum atomic E-state index is 13.0. The second-order valence-corrected chi connectivity index (χ2v) is 7.30. The van der Waals surface area contributed by atoms with E-state index in [2.05, 4.69) is 29.7 Å². The lowest BCUT2D eigenvalue weighted by Gasteiger charge is -2.05. The van der Waals surface area contributed by atoms with Gasteiger partial charge in [-0.2, -0.15) is 0 Å². The Morgan fingerprint density at radius 1 is 0.900 bits per heavy atom. The number of unbranched alkanes of at least 4 members (excludes halogenated alkanes) is 1. The molecule has 0 radical (unpaired) electrons. The summed E-state index contributed by atoms with van der Waals surface area (Å²) in [7, 11) is 0. The number of hydrogen-bond acceptors (Lipinski definition) is 2. The van der Waals surface area contributed by atoms with Gasteiger partial charge in [-0.05, 0) is 29.7 Å². The van der Waals surface area contributed by atoms with E-state index in [1.807, 2.05) is 65.2 Å². The van der Waals surface area contributed by atoms with Crippen LogP contribution in [0.15, 0.2) is 78.9 Å². The molecule has 0 aliphatic rings. The van der Waals surface area contributed by atoms with Crippen LogP contribution in [0, 0.1) is 0 Å². The first-order chi connectivity index (χ1) is 14.2. The molecule has 1 heterocycles. The lowest BCUT2D eigenvalue weighted by molar-refractivity contribution is -0.642. The summed E-state index contributed by atoms with van der Waals surface area (Å²) in [6.45, 7) is 3.25. The third-order valence-electron chi connectivity index (χ3n) is 5.37. The van der Waals surface area contributed by atoms with Gasteiger partial charge in [0.15, 0.2) is 5.78 Å². The molecule has 0 aliphatic carbocycles. The number of Topliss-reactive ketones (excluding diaryl/α,β-unsaturated/α-hetero) is 1. The first kappa shape index (κ1) is 21.8. The van der Waals surface area contributed by atoms with Crippen LogP contribution < -0.4 is 27.3 Å². The molecule has 0 aliphatic heterocycles. The number of benzene rings is 3. The van der Waals surface area contributed by atoms with Gasteiger partial charge in [-0.15, -0.1) is 0 Å². The highest BCUT2D eigenvalue weighted by Crippen LogP contribution is 2.20. The zero-order valence-electron chi connectivity index (χ0n) is 17.1. The molecule has 0 saturated carbocycles. The zero-order chi connectivity index (χ0) is 20.2. The molecule has 0 bridgehead atoms. The average molecular weight is 464 g/mol. The summed E-state index contributed by atoms with van der Waals surface area (Å²) in [5, 5.41) is 0. The molecule has 1 aromatic heterocycles. The largest absolute Gasteiger partial charge is 1.00 e. The van der Waals surface area contributed by atoms with Crippen LogP contribution >= 0.6 is 0 Å². The number of anilines is 1. The Morgan fingerprint density at radius 3 is 2.23 bits per heavy atom. The van der Waals surface area contributed by atoms with E-state index >= 15 is 0 Å². The van der Waals surface area contributed by atoms with E-state index in [1.54, 1.807) is 0 Å². The summed E-state index contributed by atoms with van der Waals surface area (Å²) in [5.41, 5.74) is 11.5. The molecule has 4 rings (SSSR count). The van der Waals surface area contributed by atoms with Gasteiger partial charge in [-0.25, -0.2) is 9.13 Å². The molecule has 5 heteroatoms. The maximum absolute atomic E-state index is 13.0. The number of halogens is 1. The number of ketones is 1. The fourth-order valence-corrected chi connectivity index (χ4v) is 3.74. The highest BCUT2D eigenvalue weighted by atomic mass is 79.9. The van der Waals surface area contributed by atoms with Gasteiger partial charge in [0.2, 0.25) is 0 Å². The molecule has 2 N–H and O–H groups in total. The van der Waals surface area contributed by atoms with E-state index in [9.17, 15) is 4.79 Å². The molecular weight excluding hydrogens is 438 g/mol.